The van der Waals surface area contributed by atoms with Gasteiger partial charge in [0.05, 0.1) is 13.7 Å². The zero-order chi connectivity index (χ0) is 13.1. The van der Waals surface area contributed by atoms with E-state index in [0.29, 0.717) is 0 Å². The number of ether oxygens (including phenoxy) is 1. The summed E-state index contributed by atoms with van der Waals surface area (Å²) < 4.78 is 5.03. The van der Waals surface area contributed by atoms with Crippen LogP contribution < -0.4 is 4.74 Å². The minimum absolute atomic E-state index is 0.193. The number of nitrogens with zero attached hydrogens (tertiary/aromatic N) is 1. The largest absolute Gasteiger partial charge is 0.497 e. The van der Waals surface area contributed by atoms with Crippen LogP contribution in [0.3, 0.4) is 0 Å². The Labute approximate surface area is 105 Å². The standard InChI is InChI=1S/C13H15NO4/c1-18-10-4-2-9(3-5-10)8-14-12(16)7-6-11(15)13(14)17/h2-5,11,15H,6-8H2,1H3/t11-/m0/s1. The number of carbonyl (C=O) groups is 2. The molecule has 0 aliphatic carbocycles. The summed E-state index contributed by atoms with van der Waals surface area (Å²) in [6.07, 6.45) is -0.624. The second-order valence-electron chi connectivity index (χ2n) is 4.22. The van der Waals surface area contributed by atoms with E-state index in [9.17, 15) is 14.7 Å². The minimum atomic E-state index is -1.05. The summed E-state index contributed by atoms with van der Waals surface area (Å²) >= 11 is 0. The van der Waals surface area contributed by atoms with Crippen LogP contribution in [0, 0.1) is 0 Å². The summed E-state index contributed by atoms with van der Waals surface area (Å²) in [6.45, 7) is 0.193. The van der Waals surface area contributed by atoms with E-state index in [0.717, 1.165) is 16.2 Å². The van der Waals surface area contributed by atoms with Gasteiger partial charge in [0.2, 0.25) is 5.91 Å². The van der Waals surface area contributed by atoms with Gasteiger partial charge in [-0.1, -0.05) is 12.1 Å². The highest BCUT2D eigenvalue weighted by molar-refractivity contribution is 5.99. The van der Waals surface area contributed by atoms with E-state index in [2.05, 4.69) is 0 Å². The molecule has 0 unspecified atom stereocenters. The molecule has 1 saturated heterocycles. The van der Waals surface area contributed by atoms with Gasteiger partial charge in [-0.2, -0.15) is 0 Å². The number of piperidine rings is 1. The van der Waals surface area contributed by atoms with Gasteiger partial charge in [-0.3, -0.25) is 14.5 Å². The second-order valence-corrected chi connectivity index (χ2v) is 4.22. The van der Waals surface area contributed by atoms with Crippen LogP contribution in [0.4, 0.5) is 0 Å². The van der Waals surface area contributed by atoms with Crippen molar-refractivity contribution in [3.63, 3.8) is 0 Å². The summed E-state index contributed by atoms with van der Waals surface area (Å²) in [4.78, 5) is 24.4. The van der Waals surface area contributed by atoms with E-state index in [1.54, 1.807) is 31.4 Å². The quantitative estimate of drug-likeness (QED) is 0.801. The van der Waals surface area contributed by atoms with Gasteiger partial charge in [0.25, 0.3) is 5.91 Å². The van der Waals surface area contributed by atoms with Crippen LogP contribution in [-0.4, -0.2) is 35.0 Å². The lowest BCUT2D eigenvalue weighted by atomic mass is 10.1. The minimum Gasteiger partial charge on any atom is -0.497 e. The molecule has 1 fully saturated rings. The fourth-order valence-electron chi connectivity index (χ4n) is 1.90. The zero-order valence-electron chi connectivity index (χ0n) is 10.1. The molecule has 1 heterocycles. The second kappa shape index (κ2) is 5.18. The Balaban J connectivity index is 2.11. The number of benzene rings is 1. The Bertz CT molecular complexity index is 455. The van der Waals surface area contributed by atoms with Crippen molar-refractivity contribution in [2.45, 2.75) is 25.5 Å². The Hall–Kier alpha value is -1.88. The number of rotatable bonds is 3. The van der Waals surface area contributed by atoms with Gasteiger partial charge < -0.3 is 9.84 Å². The van der Waals surface area contributed by atoms with E-state index < -0.39 is 12.0 Å². The van der Waals surface area contributed by atoms with Gasteiger partial charge in [0.1, 0.15) is 11.9 Å². The van der Waals surface area contributed by atoms with Crippen LogP contribution in [0.15, 0.2) is 24.3 Å². The highest BCUT2D eigenvalue weighted by atomic mass is 16.5. The van der Waals surface area contributed by atoms with Gasteiger partial charge in [-0.25, -0.2) is 0 Å². The molecule has 1 aliphatic rings. The molecule has 5 heteroatoms. The maximum atomic E-state index is 11.7. The van der Waals surface area contributed by atoms with Gasteiger partial charge in [-0.05, 0) is 24.1 Å². The molecule has 5 nitrogen and oxygen atoms in total. The van der Waals surface area contributed by atoms with Crippen LogP contribution in [0.5, 0.6) is 5.75 Å². The highest BCUT2D eigenvalue weighted by Crippen LogP contribution is 2.18. The maximum Gasteiger partial charge on any atom is 0.258 e. The topological polar surface area (TPSA) is 66.8 Å². The number of aliphatic hydroxyl groups is 1. The number of aliphatic hydroxyl groups excluding tert-OH is 1. The Morgan fingerprint density at radius 1 is 1.33 bits per heavy atom. The smallest absolute Gasteiger partial charge is 0.258 e. The molecule has 0 aromatic heterocycles. The molecular formula is C13H15NO4. The molecule has 1 N–H and O–H groups in total. The highest BCUT2D eigenvalue weighted by Gasteiger charge is 2.32. The molecule has 96 valence electrons. The molecule has 0 saturated carbocycles. The van der Waals surface area contributed by atoms with Crippen molar-refractivity contribution in [3.8, 4) is 5.75 Å². The molecule has 1 aliphatic heterocycles. The lowest BCUT2D eigenvalue weighted by Crippen LogP contribution is -2.47. The summed E-state index contributed by atoms with van der Waals surface area (Å²) in [5.41, 5.74) is 0.826. The molecule has 0 radical (unpaired) electrons. The maximum absolute atomic E-state index is 11.7. The lowest BCUT2D eigenvalue weighted by Gasteiger charge is -2.28. The third-order valence-electron chi connectivity index (χ3n) is 2.98. The third-order valence-corrected chi connectivity index (χ3v) is 2.98. The normalized spacial score (nSPS) is 20.1. The molecular weight excluding hydrogens is 234 g/mol. The summed E-state index contributed by atoms with van der Waals surface area (Å²) in [5, 5.41) is 9.46. The molecule has 2 rings (SSSR count). The summed E-state index contributed by atoms with van der Waals surface area (Å²) in [7, 11) is 1.57. The molecule has 1 aromatic carbocycles. The average molecular weight is 249 g/mol. The van der Waals surface area contributed by atoms with Gasteiger partial charge in [0.15, 0.2) is 0 Å². The number of carbonyl (C=O) groups excluding carboxylic acids is 2. The van der Waals surface area contributed by atoms with Crippen molar-refractivity contribution < 1.29 is 19.4 Å². The first-order valence-corrected chi connectivity index (χ1v) is 5.77. The van der Waals surface area contributed by atoms with Crippen LogP contribution in [-0.2, 0) is 16.1 Å². The zero-order valence-corrected chi connectivity index (χ0v) is 10.1. The molecule has 0 bridgehead atoms. The van der Waals surface area contributed by atoms with E-state index >= 15 is 0 Å². The first-order valence-electron chi connectivity index (χ1n) is 5.77. The molecule has 18 heavy (non-hydrogen) atoms. The van der Waals surface area contributed by atoms with Crippen molar-refractivity contribution in [1.29, 1.82) is 0 Å². The summed E-state index contributed by atoms with van der Waals surface area (Å²) in [6, 6.07) is 7.12. The Morgan fingerprint density at radius 2 is 2.00 bits per heavy atom. The number of methoxy groups -OCH3 is 1. The van der Waals surface area contributed by atoms with Crippen molar-refractivity contribution in [2.24, 2.45) is 0 Å². The van der Waals surface area contributed by atoms with Crippen LogP contribution >= 0.6 is 0 Å². The van der Waals surface area contributed by atoms with Crippen molar-refractivity contribution in [1.82, 2.24) is 4.90 Å². The van der Waals surface area contributed by atoms with Crippen molar-refractivity contribution in [3.05, 3.63) is 29.8 Å². The Morgan fingerprint density at radius 3 is 2.61 bits per heavy atom. The number of hydrogen-bond donors (Lipinski definition) is 1. The fourth-order valence-corrected chi connectivity index (χ4v) is 1.90. The van der Waals surface area contributed by atoms with Crippen LogP contribution in [0.1, 0.15) is 18.4 Å². The average Bonchev–Trinajstić information content (AvgIpc) is 2.40. The van der Waals surface area contributed by atoms with Gasteiger partial charge in [-0.15, -0.1) is 0 Å². The monoisotopic (exact) mass is 249 g/mol. The molecule has 1 aromatic rings. The third kappa shape index (κ3) is 2.51. The lowest BCUT2D eigenvalue weighted by molar-refractivity contribution is -0.156. The Kier molecular flexibility index (Phi) is 3.62. The predicted molar refractivity (Wildman–Crippen MR) is 63.8 cm³/mol. The molecule has 2 amide bonds. The number of hydrogen-bond acceptors (Lipinski definition) is 4. The van der Waals surface area contributed by atoms with E-state index in [1.807, 2.05) is 0 Å². The van der Waals surface area contributed by atoms with E-state index in [1.165, 1.54) is 0 Å². The van der Waals surface area contributed by atoms with Crippen molar-refractivity contribution >= 4 is 11.8 Å². The van der Waals surface area contributed by atoms with Gasteiger partial charge in [0, 0.05) is 6.42 Å². The number of imide groups is 1. The molecule has 1 atom stereocenters. The van der Waals surface area contributed by atoms with Crippen molar-refractivity contribution in [2.75, 3.05) is 7.11 Å². The summed E-state index contributed by atoms with van der Waals surface area (Å²) in [5.74, 6) is -0.0294. The number of amides is 2. The fraction of sp³-hybridized carbons (Fsp3) is 0.385. The van der Waals surface area contributed by atoms with E-state index in [-0.39, 0.29) is 25.3 Å². The SMILES string of the molecule is COc1ccc(CN2C(=O)CC[C@H](O)C2=O)cc1. The van der Waals surface area contributed by atoms with Crippen LogP contribution in [0.2, 0.25) is 0 Å². The first-order chi connectivity index (χ1) is 8.61. The van der Waals surface area contributed by atoms with Crippen LogP contribution in [0.25, 0.3) is 0 Å². The number of likely N-dealkylation sites (tertiary alicyclic amines) is 1. The van der Waals surface area contributed by atoms with E-state index in [4.69, 9.17) is 4.74 Å². The first kappa shape index (κ1) is 12.6. The predicted octanol–water partition coefficient (Wildman–Crippen LogP) is 0.705. The van der Waals surface area contributed by atoms with Gasteiger partial charge >= 0.3 is 0 Å². The molecule has 0 spiro atoms.